The first kappa shape index (κ1) is 22.2. The number of carbonyl (C=O) groups is 1. The Bertz CT molecular complexity index is 1340. The molecule has 32 heavy (non-hydrogen) atoms. The van der Waals surface area contributed by atoms with Gasteiger partial charge in [-0.1, -0.05) is 59.6 Å². The molecule has 0 aliphatic rings. The number of hydrogen-bond donors (Lipinski definition) is 2. The number of thiocarbonyl (C=S) groups is 1. The predicted molar refractivity (Wildman–Crippen MR) is 137 cm³/mol. The van der Waals surface area contributed by atoms with E-state index in [0.29, 0.717) is 25.8 Å². The maximum absolute atomic E-state index is 12.6. The highest BCUT2D eigenvalue weighted by molar-refractivity contribution is 7.80. The number of nitrogens with zero attached hydrogens (tertiary/aromatic N) is 1. The number of hydrogen-bond acceptors (Lipinski definition) is 5. The lowest BCUT2D eigenvalue weighted by atomic mass is 10.2. The molecule has 0 aliphatic heterocycles. The summed E-state index contributed by atoms with van der Waals surface area (Å²) in [6.07, 6.45) is 1.57. The molecule has 0 unspecified atom stereocenters. The number of ether oxygens (including phenoxy) is 1. The average molecular weight is 500 g/mol. The maximum Gasteiger partial charge on any atom is 0.355 e. The van der Waals surface area contributed by atoms with Crippen molar-refractivity contribution < 1.29 is 9.53 Å². The minimum Gasteiger partial charge on any atom is -0.422 e. The van der Waals surface area contributed by atoms with Gasteiger partial charge in [-0.15, -0.1) is 11.3 Å². The van der Waals surface area contributed by atoms with Crippen LogP contribution in [0.5, 0.6) is 5.75 Å². The summed E-state index contributed by atoms with van der Waals surface area (Å²) in [5, 5.41) is 9.24. The van der Waals surface area contributed by atoms with E-state index in [-0.39, 0.29) is 0 Å². The van der Waals surface area contributed by atoms with E-state index in [1.165, 1.54) is 11.3 Å². The summed E-state index contributed by atoms with van der Waals surface area (Å²) in [7, 11) is 0. The minimum absolute atomic E-state index is 0.311. The summed E-state index contributed by atoms with van der Waals surface area (Å²) in [5.74, 6) is -0.123. The van der Waals surface area contributed by atoms with Crippen molar-refractivity contribution in [3.8, 4) is 5.75 Å². The monoisotopic (exact) mass is 499 g/mol. The number of hydrazone groups is 1. The first-order valence-corrected chi connectivity index (χ1v) is 11.3. The van der Waals surface area contributed by atoms with Crippen molar-refractivity contribution in [2.24, 2.45) is 5.10 Å². The summed E-state index contributed by atoms with van der Waals surface area (Å²) >= 11 is 18.8. The Hall–Kier alpha value is -2.97. The molecule has 0 bridgehead atoms. The third kappa shape index (κ3) is 5.44. The van der Waals surface area contributed by atoms with E-state index in [1.807, 2.05) is 42.5 Å². The van der Waals surface area contributed by atoms with Gasteiger partial charge in [0.05, 0.1) is 11.2 Å². The lowest BCUT2D eigenvalue weighted by Gasteiger charge is -2.07. The molecule has 0 spiro atoms. The molecule has 0 fully saturated rings. The number of nitrogens with one attached hydrogen (secondary N) is 2. The molecule has 0 saturated heterocycles. The second kappa shape index (κ2) is 10.1. The van der Waals surface area contributed by atoms with Crippen molar-refractivity contribution in [2.45, 2.75) is 0 Å². The van der Waals surface area contributed by atoms with E-state index in [4.69, 9.17) is 40.2 Å². The zero-order chi connectivity index (χ0) is 22.5. The van der Waals surface area contributed by atoms with E-state index in [9.17, 15) is 4.79 Å². The summed E-state index contributed by atoms with van der Waals surface area (Å²) in [6.45, 7) is 0. The molecule has 9 heteroatoms. The fourth-order valence-corrected chi connectivity index (χ4v) is 4.59. The first-order valence-electron chi connectivity index (χ1n) is 9.34. The van der Waals surface area contributed by atoms with Crippen LogP contribution in [-0.4, -0.2) is 17.3 Å². The predicted octanol–water partition coefficient (Wildman–Crippen LogP) is 6.75. The van der Waals surface area contributed by atoms with Gasteiger partial charge in [-0.2, -0.15) is 5.10 Å². The van der Waals surface area contributed by atoms with Crippen molar-refractivity contribution in [2.75, 3.05) is 5.32 Å². The van der Waals surface area contributed by atoms with Gasteiger partial charge in [-0.25, -0.2) is 4.79 Å². The van der Waals surface area contributed by atoms with Crippen LogP contribution in [0.4, 0.5) is 5.69 Å². The highest BCUT2D eigenvalue weighted by atomic mass is 35.5. The van der Waals surface area contributed by atoms with Gasteiger partial charge in [0.25, 0.3) is 0 Å². The summed E-state index contributed by atoms with van der Waals surface area (Å²) in [6, 6.07) is 21.7. The molecule has 0 atom stereocenters. The highest BCUT2D eigenvalue weighted by Crippen LogP contribution is 2.35. The zero-order valence-corrected chi connectivity index (χ0v) is 19.5. The minimum atomic E-state index is -0.504. The van der Waals surface area contributed by atoms with Gasteiger partial charge in [0.2, 0.25) is 0 Å². The summed E-state index contributed by atoms with van der Waals surface area (Å²) < 4.78 is 6.45. The lowest BCUT2D eigenvalue weighted by Crippen LogP contribution is -2.23. The van der Waals surface area contributed by atoms with Gasteiger partial charge < -0.3 is 10.1 Å². The molecule has 160 valence electrons. The Morgan fingerprint density at radius 2 is 1.84 bits per heavy atom. The van der Waals surface area contributed by atoms with Crippen molar-refractivity contribution >= 4 is 79.8 Å². The molecule has 4 aromatic rings. The SMILES string of the molecule is O=C(Oc1cccc(/C=N/NC(=S)Nc2cccc(Cl)c2)c1)c1sc2ccccc2c1Cl. The number of esters is 1. The van der Waals surface area contributed by atoms with Gasteiger partial charge in [-0.05, 0) is 54.2 Å². The Balaban J connectivity index is 1.39. The molecule has 1 aromatic heterocycles. The van der Waals surface area contributed by atoms with E-state index in [0.717, 1.165) is 21.3 Å². The fraction of sp³-hybridized carbons (Fsp3) is 0. The third-order valence-corrected chi connectivity index (χ3v) is 6.34. The Kier molecular flexibility index (Phi) is 7.02. The zero-order valence-electron chi connectivity index (χ0n) is 16.3. The van der Waals surface area contributed by atoms with E-state index in [1.54, 1.807) is 36.5 Å². The number of rotatable bonds is 5. The van der Waals surface area contributed by atoms with Crippen molar-refractivity contribution in [3.05, 3.63) is 93.3 Å². The molecule has 0 amide bonds. The highest BCUT2D eigenvalue weighted by Gasteiger charge is 2.19. The second-order valence-electron chi connectivity index (χ2n) is 6.54. The van der Waals surface area contributed by atoms with Crippen LogP contribution in [0.3, 0.4) is 0 Å². The molecular weight excluding hydrogens is 485 g/mol. The van der Waals surface area contributed by atoms with Crippen LogP contribution in [0, 0.1) is 0 Å². The molecule has 5 nitrogen and oxygen atoms in total. The molecule has 4 rings (SSSR count). The standard InChI is InChI=1S/C23H15Cl2N3O2S2/c24-15-6-4-7-16(12-15)27-23(31)28-26-13-14-5-3-8-17(11-14)30-22(29)21-20(25)18-9-1-2-10-19(18)32-21/h1-13H,(H2,27,28,31)/b26-13+. The van der Waals surface area contributed by atoms with Gasteiger partial charge >= 0.3 is 5.97 Å². The quantitative estimate of drug-likeness (QED) is 0.104. The van der Waals surface area contributed by atoms with E-state index in [2.05, 4.69) is 15.8 Å². The molecule has 2 N–H and O–H groups in total. The van der Waals surface area contributed by atoms with Crippen LogP contribution in [0.2, 0.25) is 10.0 Å². The number of anilines is 1. The molecule has 0 radical (unpaired) electrons. The van der Waals surface area contributed by atoms with Crippen molar-refractivity contribution in [3.63, 3.8) is 0 Å². The number of carbonyl (C=O) groups excluding carboxylic acids is 1. The van der Waals surface area contributed by atoms with Crippen molar-refractivity contribution in [1.29, 1.82) is 0 Å². The lowest BCUT2D eigenvalue weighted by molar-refractivity contribution is 0.0740. The van der Waals surface area contributed by atoms with Crippen LogP contribution in [0.1, 0.15) is 15.2 Å². The molecule has 0 saturated carbocycles. The number of benzene rings is 3. The third-order valence-electron chi connectivity index (χ3n) is 4.25. The Labute approximate surface area is 203 Å². The van der Waals surface area contributed by atoms with Crippen LogP contribution in [0.15, 0.2) is 77.9 Å². The van der Waals surface area contributed by atoms with Gasteiger partial charge in [0, 0.05) is 20.8 Å². The van der Waals surface area contributed by atoms with Gasteiger partial charge in [0.15, 0.2) is 5.11 Å². The maximum atomic E-state index is 12.6. The van der Waals surface area contributed by atoms with Crippen LogP contribution in [-0.2, 0) is 0 Å². The smallest absolute Gasteiger partial charge is 0.355 e. The Morgan fingerprint density at radius 3 is 2.66 bits per heavy atom. The molecular formula is C23H15Cl2N3O2S2. The molecule has 1 heterocycles. The number of halogens is 2. The normalized spacial score (nSPS) is 10.9. The Morgan fingerprint density at radius 1 is 1.03 bits per heavy atom. The van der Waals surface area contributed by atoms with Gasteiger partial charge in [-0.3, -0.25) is 5.43 Å². The number of fused-ring (bicyclic) bond motifs is 1. The van der Waals surface area contributed by atoms with Crippen LogP contribution >= 0.6 is 46.8 Å². The fourth-order valence-electron chi connectivity index (χ4n) is 2.85. The first-order chi connectivity index (χ1) is 15.5. The molecule has 0 aliphatic carbocycles. The molecule has 3 aromatic carbocycles. The van der Waals surface area contributed by atoms with Gasteiger partial charge in [0.1, 0.15) is 10.6 Å². The number of thiophene rings is 1. The second-order valence-corrected chi connectivity index (χ2v) is 8.81. The largest absolute Gasteiger partial charge is 0.422 e. The summed E-state index contributed by atoms with van der Waals surface area (Å²) in [5.41, 5.74) is 4.20. The van der Waals surface area contributed by atoms with Crippen LogP contribution in [0.25, 0.3) is 10.1 Å². The van der Waals surface area contributed by atoms with Crippen molar-refractivity contribution in [1.82, 2.24) is 5.43 Å². The van der Waals surface area contributed by atoms with E-state index >= 15 is 0 Å². The topological polar surface area (TPSA) is 62.7 Å². The van der Waals surface area contributed by atoms with E-state index < -0.39 is 5.97 Å². The van der Waals surface area contributed by atoms with Crippen LogP contribution < -0.4 is 15.5 Å². The summed E-state index contributed by atoms with van der Waals surface area (Å²) in [4.78, 5) is 13.0. The average Bonchev–Trinajstić information content (AvgIpc) is 3.11.